The van der Waals surface area contributed by atoms with Gasteiger partial charge in [-0.2, -0.15) is 5.10 Å². The molecule has 0 saturated carbocycles. The summed E-state index contributed by atoms with van der Waals surface area (Å²) >= 11 is 0. The fourth-order valence-electron chi connectivity index (χ4n) is 1.44. The van der Waals surface area contributed by atoms with Gasteiger partial charge in [-0.3, -0.25) is 14.5 Å². The summed E-state index contributed by atoms with van der Waals surface area (Å²) in [5.41, 5.74) is -0.458. The van der Waals surface area contributed by atoms with Gasteiger partial charge in [0.15, 0.2) is 0 Å². The van der Waals surface area contributed by atoms with Gasteiger partial charge >= 0.3 is 5.69 Å². The Bertz CT molecular complexity index is 576. The Morgan fingerprint density at radius 2 is 2.39 bits per heavy atom. The molecule has 94 valence electrons. The van der Waals surface area contributed by atoms with Gasteiger partial charge in [-0.15, -0.1) is 0 Å². The largest absolute Gasteiger partial charge is 0.347 e. The standard InChI is InChI=1S/C10H12N6O2/c1-7(9-12-6-13-15-9)14-8(17)5-16-4-2-3-11-10(16)18/h2-4,6-7H,5H2,1H3,(H,14,17)(H,12,13,15). The summed E-state index contributed by atoms with van der Waals surface area (Å²) in [6.45, 7) is 1.69. The van der Waals surface area contributed by atoms with Crippen molar-refractivity contribution in [3.05, 3.63) is 41.1 Å². The highest BCUT2D eigenvalue weighted by atomic mass is 16.2. The van der Waals surface area contributed by atoms with E-state index in [2.05, 4.69) is 25.5 Å². The van der Waals surface area contributed by atoms with Gasteiger partial charge in [0.05, 0.1) is 6.04 Å². The molecule has 8 heteroatoms. The molecule has 18 heavy (non-hydrogen) atoms. The van der Waals surface area contributed by atoms with Crippen molar-refractivity contribution in [2.24, 2.45) is 0 Å². The first-order valence-electron chi connectivity index (χ1n) is 5.33. The minimum atomic E-state index is -0.458. The number of aromatic nitrogens is 5. The average Bonchev–Trinajstić information content (AvgIpc) is 2.85. The Balaban J connectivity index is 1.97. The highest BCUT2D eigenvalue weighted by Crippen LogP contribution is 2.03. The second kappa shape index (κ2) is 5.21. The van der Waals surface area contributed by atoms with Crippen molar-refractivity contribution in [1.82, 2.24) is 30.0 Å². The maximum absolute atomic E-state index is 11.7. The van der Waals surface area contributed by atoms with Crippen LogP contribution in [-0.2, 0) is 11.3 Å². The van der Waals surface area contributed by atoms with Gasteiger partial charge in [0.2, 0.25) is 5.91 Å². The van der Waals surface area contributed by atoms with E-state index in [1.165, 1.54) is 23.3 Å². The molecular weight excluding hydrogens is 236 g/mol. The van der Waals surface area contributed by atoms with E-state index >= 15 is 0 Å². The van der Waals surface area contributed by atoms with Crippen LogP contribution in [0.5, 0.6) is 0 Å². The molecule has 0 radical (unpaired) electrons. The van der Waals surface area contributed by atoms with Gasteiger partial charge in [0.25, 0.3) is 0 Å². The number of amides is 1. The molecule has 2 aromatic rings. The molecule has 0 aromatic carbocycles. The zero-order chi connectivity index (χ0) is 13.0. The molecule has 0 saturated heterocycles. The molecule has 2 aromatic heterocycles. The highest BCUT2D eigenvalue weighted by Gasteiger charge is 2.12. The zero-order valence-corrected chi connectivity index (χ0v) is 9.70. The minimum absolute atomic E-state index is 0.0782. The van der Waals surface area contributed by atoms with Crippen molar-refractivity contribution in [1.29, 1.82) is 0 Å². The van der Waals surface area contributed by atoms with E-state index in [4.69, 9.17) is 0 Å². The Morgan fingerprint density at radius 3 is 3.06 bits per heavy atom. The Kier molecular flexibility index (Phi) is 3.46. The van der Waals surface area contributed by atoms with Crippen molar-refractivity contribution >= 4 is 5.91 Å². The summed E-state index contributed by atoms with van der Waals surface area (Å²) in [5.74, 6) is 0.260. The number of nitrogens with zero attached hydrogens (tertiary/aromatic N) is 4. The van der Waals surface area contributed by atoms with Crippen LogP contribution >= 0.6 is 0 Å². The molecule has 0 bridgehead atoms. The lowest BCUT2D eigenvalue weighted by Crippen LogP contribution is -2.34. The third-order valence-electron chi connectivity index (χ3n) is 2.32. The number of carbonyl (C=O) groups excluding carboxylic acids is 1. The first-order valence-corrected chi connectivity index (χ1v) is 5.33. The predicted molar refractivity (Wildman–Crippen MR) is 61.4 cm³/mol. The lowest BCUT2D eigenvalue weighted by atomic mass is 10.3. The Labute approximate surface area is 102 Å². The topological polar surface area (TPSA) is 106 Å². The fourth-order valence-corrected chi connectivity index (χ4v) is 1.44. The molecule has 1 atom stereocenters. The minimum Gasteiger partial charge on any atom is -0.345 e. The molecule has 0 spiro atoms. The summed E-state index contributed by atoms with van der Waals surface area (Å²) in [6.07, 6.45) is 4.26. The third-order valence-corrected chi connectivity index (χ3v) is 2.32. The second-order valence-electron chi connectivity index (χ2n) is 3.69. The van der Waals surface area contributed by atoms with Crippen LogP contribution in [0.1, 0.15) is 18.8 Å². The first kappa shape index (κ1) is 12.0. The maximum atomic E-state index is 11.7. The molecule has 0 aliphatic heterocycles. The zero-order valence-electron chi connectivity index (χ0n) is 9.70. The SMILES string of the molecule is CC(NC(=O)Cn1cccnc1=O)c1ncn[nH]1. The normalized spacial score (nSPS) is 12.1. The van der Waals surface area contributed by atoms with Gasteiger partial charge in [-0.25, -0.2) is 14.8 Å². The van der Waals surface area contributed by atoms with Gasteiger partial charge in [-0.1, -0.05) is 0 Å². The molecule has 8 nitrogen and oxygen atoms in total. The molecule has 0 aliphatic rings. The van der Waals surface area contributed by atoms with Crippen LogP contribution in [-0.4, -0.2) is 30.6 Å². The van der Waals surface area contributed by atoms with Crippen LogP contribution in [0.25, 0.3) is 0 Å². The lowest BCUT2D eigenvalue weighted by Gasteiger charge is -2.11. The van der Waals surface area contributed by atoms with Crippen LogP contribution < -0.4 is 11.0 Å². The van der Waals surface area contributed by atoms with Crippen LogP contribution in [0.2, 0.25) is 0 Å². The molecule has 1 unspecified atom stereocenters. The smallest absolute Gasteiger partial charge is 0.345 e. The number of nitrogens with one attached hydrogen (secondary N) is 2. The summed E-state index contributed by atoms with van der Waals surface area (Å²) in [7, 11) is 0. The van der Waals surface area contributed by atoms with Gasteiger partial charge < -0.3 is 5.32 Å². The Morgan fingerprint density at radius 1 is 1.56 bits per heavy atom. The third kappa shape index (κ3) is 2.78. The average molecular weight is 248 g/mol. The first-order chi connectivity index (χ1) is 8.66. The highest BCUT2D eigenvalue weighted by molar-refractivity contribution is 5.76. The van der Waals surface area contributed by atoms with Crippen molar-refractivity contribution in [3.8, 4) is 0 Å². The van der Waals surface area contributed by atoms with Crippen LogP contribution in [0.3, 0.4) is 0 Å². The molecule has 2 N–H and O–H groups in total. The summed E-state index contributed by atoms with van der Waals surface area (Å²) in [5, 5.41) is 9.05. The number of aromatic amines is 1. The molecular formula is C10H12N6O2. The predicted octanol–water partition coefficient (Wildman–Crippen LogP) is -0.761. The quantitative estimate of drug-likeness (QED) is 0.739. The number of H-pyrrole nitrogens is 1. The van der Waals surface area contributed by atoms with E-state index in [9.17, 15) is 9.59 Å². The maximum Gasteiger partial charge on any atom is 0.347 e. The lowest BCUT2D eigenvalue weighted by molar-refractivity contribution is -0.122. The number of carbonyl (C=O) groups is 1. The van der Waals surface area contributed by atoms with E-state index in [1.54, 1.807) is 13.0 Å². The van der Waals surface area contributed by atoms with Crippen molar-refractivity contribution in [2.75, 3.05) is 0 Å². The van der Waals surface area contributed by atoms with Crippen LogP contribution in [0.4, 0.5) is 0 Å². The Hall–Kier alpha value is -2.51. The van der Waals surface area contributed by atoms with E-state index in [-0.39, 0.29) is 18.5 Å². The number of hydrogen-bond donors (Lipinski definition) is 2. The fraction of sp³-hybridized carbons (Fsp3) is 0.300. The van der Waals surface area contributed by atoms with Crippen molar-refractivity contribution in [2.45, 2.75) is 19.5 Å². The monoisotopic (exact) mass is 248 g/mol. The van der Waals surface area contributed by atoms with Gasteiger partial charge in [-0.05, 0) is 13.0 Å². The molecule has 0 fully saturated rings. The van der Waals surface area contributed by atoms with Crippen molar-refractivity contribution in [3.63, 3.8) is 0 Å². The van der Waals surface area contributed by atoms with Gasteiger partial charge in [0.1, 0.15) is 18.7 Å². The summed E-state index contributed by atoms with van der Waals surface area (Å²) in [4.78, 5) is 30.5. The van der Waals surface area contributed by atoms with E-state index in [0.29, 0.717) is 5.82 Å². The van der Waals surface area contributed by atoms with E-state index < -0.39 is 5.69 Å². The number of rotatable bonds is 4. The van der Waals surface area contributed by atoms with E-state index in [1.807, 2.05) is 0 Å². The molecule has 0 aliphatic carbocycles. The van der Waals surface area contributed by atoms with Crippen molar-refractivity contribution < 1.29 is 4.79 Å². The molecule has 2 rings (SSSR count). The van der Waals surface area contributed by atoms with Gasteiger partial charge in [0, 0.05) is 12.4 Å². The van der Waals surface area contributed by atoms with Crippen LogP contribution in [0.15, 0.2) is 29.6 Å². The molecule has 2 heterocycles. The summed E-state index contributed by atoms with van der Waals surface area (Å²) in [6, 6.07) is 1.29. The van der Waals surface area contributed by atoms with Crippen LogP contribution in [0, 0.1) is 0 Å². The summed E-state index contributed by atoms with van der Waals surface area (Å²) < 4.78 is 1.22. The van der Waals surface area contributed by atoms with E-state index in [0.717, 1.165) is 0 Å². The second-order valence-corrected chi connectivity index (χ2v) is 3.69. The molecule has 1 amide bonds. The number of hydrogen-bond acceptors (Lipinski definition) is 5.